The van der Waals surface area contributed by atoms with Crippen LogP contribution in [0.25, 0.3) is 6.08 Å². The van der Waals surface area contributed by atoms with Crippen LogP contribution in [0.4, 0.5) is 5.69 Å². The summed E-state index contributed by atoms with van der Waals surface area (Å²) in [5.41, 5.74) is 1.64. The summed E-state index contributed by atoms with van der Waals surface area (Å²) >= 11 is 0. The molecule has 0 aliphatic carbocycles. The highest BCUT2D eigenvalue weighted by atomic mass is 32.2. The van der Waals surface area contributed by atoms with Crippen molar-refractivity contribution in [3.05, 3.63) is 65.7 Å². The third-order valence-corrected chi connectivity index (χ3v) is 5.49. The predicted octanol–water partition coefficient (Wildman–Crippen LogP) is 2.38. The van der Waals surface area contributed by atoms with E-state index in [1.807, 2.05) is 0 Å². The predicted molar refractivity (Wildman–Crippen MR) is 103 cm³/mol. The van der Waals surface area contributed by atoms with Gasteiger partial charge in [0.25, 0.3) is 0 Å². The molecule has 0 atom stereocenters. The van der Waals surface area contributed by atoms with Crippen LogP contribution in [0.3, 0.4) is 0 Å². The Kier molecular flexibility index (Phi) is 6.49. The highest BCUT2D eigenvalue weighted by Gasteiger charge is 2.16. The first kappa shape index (κ1) is 20.3. The minimum atomic E-state index is -3.51. The fourth-order valence-corrected chi connectivity index (χ4v) is 3.03. The molecule has 7 nitrogen and oxygen atoms in total. The average Bonchev–Trinajstić information content (AvgIpc) is 2.66. The first-order chi connectivity index (χ1) is 12.7. The maximum Gasteiger partial charge on any atom is 0.337 e. The Morgan fingerprint density at radius 3 is 2.11 bits per heavy atom. The summed E-state index contributed by atoms with van der Waals surface area (Å²) in [6.45, 7) is 0. The summed E-state index contributed by atoms with van der Waals surface area (Å²) in [5.74, 6) is -0.793. The number of methoxy groups -OCH3 is 1. The van der Waals surface area contributed by atoms with E-state index in [0.717, 1.165) is 9.87 Å². The van der Waals surface area contributed by atoms with E-state index in [4.69, 9.17) is 0 Å². The molecule has 0 aliphatic rings. The third kappa shape index (κ3) is 5.25. The molecule has 0 spiro atoms. The molecule has 0 aliphatic heterocycles. The van der Waals surface area contributed by atoms with Gasteiger partial charge in [-0.3, -0.25) is 4.79 Å². The average molecular weight is 388 g/mol. The lowest BCUT2D eigenvalue weighted by molar-refractivity contribution is -0.111. The van der Waals surface area contributed by atoms with E-state index in [1.54, 1.807) is 30.3 Å². The largest absolute Gasteiger partial charge is 0.465 e. The Hall–Kier alpha value is -2.97. The van der Waals surface area contributed by atoms with Crippen molar-refractivity contribution in [1.82, 2.24) is 4.31 Å². The number of rotatable bonds is 6. The number of hydrogen-bond donors (Lipinski definition) is 1. The number of nitrogens with zero attached hydrogens (tertiary/aromatic N) is 1. The number of nitrogens with one attached hydrogen (secondary N) is 1. The van der Waals surface area contributed by atoms with E-state index in [9.17, 15) is 18.0 Å². The van der Waals surface area contributed by atoms with Crippen LogP contribution in [0.15, 0.2) is 59.5 Å². The van der Waals surface area contributed by atoms with Gasteiger partial charge in [-0.05, 0) is 48.0 Å². The summed E-state index contributed by atoms with van der Waals surface area (Å²) < 4.78 is 29.8. The standard InChI is InChI=1S/C19H20N2O5S/c1-21(2)27(24,25)17-11-9-16(10-12-17)20-18(22)13-6-14-4-7-15(8-5-14)19(23)26-3/h4-13H,1-3H3,(H,20,22)/b13-6+. The van der Waals surface area contributed by atoms with Crippen molar-refractivity contribution in [2.75, 3.05) is 26.5 Å². The molecule has 8 heteroatoms. The summed E-state index contributed by atoms with van der Waals surface area (Å²) in [5, 5.41) is 2.65. The van der Waals surface area contributed by atoms with E-state index in [1.165, 1.54) is 51.5 Å². The van der Waals surface area contributed by atoms with E-state index in [-0.39, 0.29) is 10.8 Å². The highest BCUT2D eigenvalue weighted by Crippen LogP contribution is 2.16. The SMILES string of the molecule is COC(=O)c1ccc(/C=C/C(=O)Nc2ccc(S(=O)(=O)N(C)C)cc2)cc1. The molecule has 142 valence electrons. The normalized spacial score (nSPS) is 11.6. The quantitative estimate of drug-likeness (QED) is 0.606. The number of ether oxygens (including phenoxy) is 1. The van der Waals surface area contributed by atoms with E-state index < -0.39 is 16.0 Å². The molecule has 2 aromatic rings. The maximum absolute atomic E-state index is 12.0. The molecule has 0 aromatic heterocycles. The second-order valence-corrected chi connectivity index (χ2v) is 7.90. The van der Waals surface area contributed by atoms with Gasteiger partial charge >= 0.3 is 5.97 Å². The summed E-state index contributed by atoms with van der Waals surface area (Å²) in [7, 11) is 0.706. The molecule has 0 fully saturated rings. The summed E-state index contributed by atoms with van der Waals surface area (Å²) in [4.78, 5) is 23.5. The van der Waals surface area contributed by atoms with Crippen LogP contribution < -0.4 is 5.32 Å². The Morgan fingerprint density at radius 1 is 1.00 bits per heavy atom. The lowest BCUT2D eigenvalue weighted by Crippen LogP contribution is -2.22. The number of esters is 1. The van der Waals surface area contributed by atoms with Crippen molar-refractivity contribution in [1.29, 1.82) is 0 Å². The fraction of sp³-hybridized carbons (Fsp3) is 0.158. The molecule has 0 radical (unpaired) electrons. The molecular weight excluding hydrogens is 368 g/mol. The monoisotopic (exact) mass is 388 g/mol. The minimum absolute atomic E-state index is 0.145. The van der Waals surface area contributed by atoms with Crippen LogP contribution in [0, 0.1) is 0 Å². The maximum atomic E-state index is 12.0. The van der Waals surface area contributed by atoms with Crippen molar-refractivity contribution in [3.63, 3.8) is 0 Å². The highest BCUT2D eigenvalue weighted by molar-refractivity contribution is 7.89. The van der Waals surface area contributed by atoms with Gasteiger partial charge in [-0.1, -0.05) is 12.1 Å². The Labute approximate surface area is 158 Å². The molecule has 0 unspecified atom stereocenters. The molecule has 2 rings (SSSR count). The molecule has 0 saturated carbocycles. The van der Waals surface area contributed by atoms with Gasteiger partial charge in [-0.15, -0.1) is 0 Å². The Balaban J connectivity index is 2.01. The van der Waals surface area contributed by atoms with Gasteiger partial charge in [0.05, 0.1) is 17.6 Å². The van der Waals surface area contributed by atoms with Crippen molar-refractivity contribution < 1.29 is 22.7 Å². The van der Waals surface area contributed by atoms with Gasteiger partial charge in [0.1, 0.15) is 0 Å². The van der Waals surface area contributed by atoms with Gasteiger partial charge in [-0.2, -0.15) is 0 Å². The van der Waals surface area contributed by atoms with Crippen LogP contribution in [0.5, 0.6) is 0 Å². The van der Waals surface area contributed by atoms with Gasteiger partial charge in [0.2, 0.25) is 15.9 Å². The molecule has 0 saturated heterocycles. The van der Waals surface area contributed by atoms with Gasteiger partial charge in [0.15, 0.2) is 0 Å². The first-order valence-electron chi connectivity index (χ1n) is 7.94. The van der Waals surface area contributed by atoms with Crippen molar-refractivity contribution in [2.45, 2.75) is 4.90 Å². The third-order valence-electron chi connectivity index (χ3n) is 3.66. The summed E-state index contributed by atoms with van der Waals surface area (Å²) in [6.07, 6.45) is 2.94. The molecule has 1 N–H and O–H groups in total. The van der Waals surface area contributed by atoms with Gasteiger partial charge in [0, 0.05) is 25.9 Å². The molecule has 27 heavy (non-hydrogen) atoms. The van der Waals surface area contributed by atoms with Crippen LogP contribution in [-0.2, 0) is 19.6 Å². The van der Waals surface area contributed by atoms with Crippen molar-refractivity contribution in [3.8, 4) is 0 Å². The van der Waals surface area contributed by atoms with E-state index in [0.29, 0.717) is 11.3 Å². The summed E-state index contributed by atoms with van der Waals surface area (Å²) in [6, 6.07) is 12.5. The first-order valence-corrected chi connectivity index (χ1v) is 9.38. The topological polar surface area (TPSA) is 92.8 Å². The molecule has 1 amide bonds. The van der Waals surface area contributed by atoms with Gasteiger partial charge < -0.3 is 10.1 Å². The minimum Gasteiger partial charge on any atom is -0.465 e. The van der Waals surface area contributed by atoms with Crippen LogP contribution >= 0.6 is 0 Å². The Morgan fingerprint density at radius 2 is 1.59 bits per heavy atom. The number of anilines is 1. The Bertz CT molecular complexity index is 947. The van der Waals surface area contributed by atoms with Crippen LogP contribution in [0.1, 0.15) is 15.9 Å². The van der Waals surface area contributed by atoms with Crippen LogP contribution in [-0.4, -0.2) is 45.8 Å². The number of benzene rings is 2. The zero-order valence-electron chi connectivity index (χ0n) is 15.2. The molecule has 2 aromatic carbocycles. The number of carbonyl (C=O) groups excluding carboxylic acids is 2. The van der Waals surface area contributed by atoms with E-state index >= 15 is 0 Å². The fourth-order valence-electron chi connectivity index (χ4n) is 2.13. The molecule has 0 bridgehead atoms. The van der Waals surface area contributed by atoms with Gasteiger partial charge in [-0.25, -0.2) is 17.5 Å². The van der Waals surface area contributed by atoms with E-state index in [2.05, 4.69) is 10.1 Å². The second kappa shape index (κ2) is 8.61. The molecule has 0 heterocycles. The zero-order chi connectivity index (χ0) is 20.0. The number of hydrogen-bond acceptors (Lipinski definition) is 5. The smallest absolute Gasteiger partial charge is 0.337 e. The number of amides is 1. The number of carbonyl (C=O) groups is 2. The second-order valence-electron chi connectivity index (χ2n) is 5.75. The molecular formula is C19H20N2O5S. The van der Waals surface area contributed by atoms with Crippen molar-refractivity contribution in [2.24, 2.45) is 0 Å². The number of sulfonamides is 1. The zero-order valence-corrected chi connectivity index (χ0v) is 16.0. The lowest BCUT2D eigenvalue weighted by Gasteiger charge is -2.11. The lowest BCUT2D eigenvalue weighted by atomic mass is 10.1. The van der Waals surface area contributed by atoms with Crippen molar-refractivity contribution >= 4 is 33.7 Å². The van der Waals surface area contributed by atoms with Crippen LogP contribution in [0.2, 0.25) is 0 Å².